The lowest BCUT2D eigenvalue weighted by molar-refractivity contribution is -0.114. The number of carbonyl (C=O) groups excluding carboxylic acids is 2. The summed E-state index contributed by atoms with van der Waals surface area (Å²) in [6.07, 6.45) is 5.09. The zero-order valence-corrected chi connectivity index (χ0v) is 14.0. The van der Waals surface area contributed by atoms with Crippen LogP contribution in [0.15, 0.2) is 5.38 Å². The molecule has 0 saturated carbocycles. The van der Waals surface area contributed by atoms with Gasteiger partial charge in [0, 0.05) is 24.9 Å². The number of nitrogens with zero attached hydrogens (tertiary/aromatic N) is 2. The van der Waals surface area contributed by atoms with E-state index in [1.165, 1.54) is 43.9 Å². The summed E-state index contributed by atoms with van der Waals surface area (Å²) < 4.78 is 0. The molecule has 22 heavy (non-hydrogen) atoms. The molecule has 0 radical (unpaired) electrons. The Morgan fingerprint density at radius 2 is 2.00 bits per heavy atom. The average Bonchev–Trinajstić information content (AvgIpc) is 2.76. The number of anilines is 1. The number of carbonyl (C=O) groups is 2. The van der Waals surface area contributed by atoms with Crippen molar-refractivity contribution in [3.63, 3.8) is 0 Å². The Morgan fingerprint density at radius 1 is 1.32 bits per heavy atom. The molecule has 1 aliphatic rings. The first-order chi connectivity index (χ1) is 10.6. The molecule has 6 nitrogen and oxygen atoms in total. The molecule has 1 aromatic rings. The minimum Gasteiger partial charge on any atom is -0.349 e. The summed E-state index contributed by atoms with van der Waals surface area (Å²) in [5.41, 5.74) is 0.358. The SMILES string of the molecule is CC(=O)Nc1nc(C(=O)NC[C@@H](C)N2CCCCCC2)cs1. The largest absolute Gasteiger partial charge is 0.349 e. The van der Waals surface area contributed by atoms with Gasteiger partial charge < -0.3 is 10.6 Å². The van der Waals surface area contributed by atoms with E-state index < -0.39 is 0 Å². The second kappa shape index (κ2) is 8.24. The molecule has 1 aromatic heterocycles. The van der Waals surface area contributed by atoms with Gasteiger partial charge in [-0.05, 0) is 32.9 Å². The van der Waals surface area contributed by atoms with Gasteiger partial charge in [0.25, 0.3) is 5.91 Å². The molecule has 0 aliphatic carbocycles. The van der Waals surface area contributed by atoms with Gasteiger partial charge >= 0.3 is 0 Å². The third kappa shape index (κ3) is 5.06. The molecular formula is C15H24N4O2S. The van der Waals surface area contributed by atoms with E-state index in [9.17, 15) is 9.59 Å². The fraction of sp³-hybridized carbons (Fsp3) is 0.667. The third-order valence-electron chi connectivity index (χ3n) is 3.84. The lowest BCUT2D eigenvalue weighted by Gasteiger charge is -2.27. The summed E-state index contributed by atoms with van der Waals surface area (Å²) >= 11 is 1.26. The van der Waals surface area contributed by atoms with Gasteiger partial charge in [-0.25, -0.2) is 4.98 Å². The number of hydrogen-bond acceptors (Lipinski definition) is 5. The van der Waals surface area contributed by atoms with E-state index in [2.05, 4.69) is 27.4 Å². The van der Waals surface area contributed by atoms with Crippen molar-refractivity contribution in [1.82, 2.24) is 15.2 Å². The standard InChI is InChI=1S/C15H24N4O2S/c1-11(19-7-5-3-4-6-8-19)9-16-14(21)13-10-22-15(18-13)17-12(2)20/h10-11H,3-9H2,1-2H3,(H,16,21)(H,17,18,20)/t11-/m1/s1. The van der Waals surface area contributed by atoms with Crippen LogP contribution in [0, 0.1) is 0 Å². The van der Waals surface area contributed by atoms with E-state index in [1.54, 1.807) is 5.38 Å². The Hall–Kier alpha value is -1.47. The van der Waals surface area contributed by atoms with Gasteiger partial charge in [0.1, 0.15) is 5.69 Å². The molecule has 0 spiro atoms. The molecule has 2 rings (SSSR count). The van der Waals surface area contributed by atoms with Gasteiger partial charge in [0.05, 0.1) is 0 Å². The highest BCUT2D eigenvalue weighted by molar-refractivity contribution is 7.14. The molecule has 2 N–H and O–H groups in total. The summed E-state index contributed by atoms with van der Waals surface area (Å²) in [4.78, 5) is 29.6. The molecule has 122 valence electrons. The predicted octanol–water partition coefficient (Wildman–Crippen LogP) is 2.10. The van der Waals surface area contributed by atoms with Crippen LogP contribution in [0.25, 0.3) is 0 Å². The van der Waals surface area contributed by atoms with Gasteiger partial charge in [0.15, 0.2) is 5.13 Å². The number of thiazole rings is 1. The highest BCUT2D eigenvalue weighted by atomic mass is 32.1. The van der Waals surface area contributed by atoms with Gasteiger partial charge in [0.2, 0.25) is 5.91 Å². The molecule has 2 heterocycles. The van der Waals surface area contributed by atoms with Crippen LogP contribution in [-0.4, -0.2) is 47.4 Å². The van der Waals surface area contributed by atoms with Gasteiger partial charge in [-0.15, -0.1) is 11.3 Å². The second-order valence-electron chi connectivity index (χ2n) is 5.73. The molecule has 0 bridgehead atoms. The number of nitrogens with one attached hydrogen (secondary N) is 2. The number of amides is 2. The van der Waals surface area contributed by atoms with Crippen LogP contribution in [0.1, 0.15) is 50.0 Å². The molecule has 1 fully saturated rings. The molecule has 1 aliphatic heterocycles. The quantitative estimate of drug-likeness (QED) is 0.870. The van der Waals surface area contributed by atoms with Crippen molar-refractivity contribution in [3.05, 3.63) is 11.1 Å². The van der Waals surface area contributed by atoms with Crippen LogP contribution >= 0.6 is 11.3 Å². The molecule has 2 amide bonds. The van der Waals surface area contributed by atoms with Crippen molar-refractivity contribution < 1.29 is 9.59 Å². The van der Waals surface area contributed by atoms with Gasteiger partial charge in [-0.2, -0.15) is 0 Å². The topological polar surface area (TPSA) is 74.3 Å². The minimum atomic E-state index is -0.186. The van der Waals surface area contributed by atoms with Crippen molar-refractivity contribution >= 4 is 28.3 Å². The minimum absolute atomic E-state index is 0.184. The van der Waals surface area contributed by atoms with Crippen molar-refractivity contribution in [1.29, 1.82) is 0 Å². The lowest BCUT2D eigenvalue weighted by atomic mass is 10.2. The monoisotopic (exact) mass is 324 g/mol. The summed E-state index contributed by atoms with van der Waals surface area (Å²) in [6.45, 7) is 6.41. The van der Waals surface area contributed by atoms with Gasteiger partial charge in [-0.1, -0.05) is 12.8 Å². The number of aromatic nitrogens is 1. The maximum absolute atomic E-state index is 12.1. The van der Waals surface area contributed by atoms with Crippen LogP contribution in [0.2, 0.25) is 0 Å². The Bertz CT molecular complexity index is 509. The summed E-state index contributed by atoms with van der Waals surface area (Å²) in [5.74, 6) is -0.370. The Kier molecular flexibility index (Phi) is 6.33. The molecule has 0 aromatic carbocycles. The van der Waals surface area contributed by atoms with E-state index in [1.807, 2.05) is 0 Å². The van der Waals surface area contributed by atoms with Crippen LogP contribution in [0.3, 0.4) is 0 Å². The van der Waals surface area contributed by atoms with Crippen molar-refractivity contribution in [3.8, 4) is 0 Å². The summed E-state index contributed by atoms with van der Waals surface area (Å²) in [6, 6.07) is 0.329. The molecule has 1 atom stereocenters. The third-order valence-corrected chi connectivity index (χ3v) is 4.60. The molecule has 0 unspecified atom stereocenters. The first kappa shape index (κ1) is 16.9. The number of rotatable bonds is 5. The first-order valence-corrected chi connectivity index (χ1v) is 8.69. The van der Waals surface area contributed by atoms with Gasteiger partial charge in [-0.3, -0.25) is 14.5 Å². The van der Waals surface area contributed by atoms with E-state index in [0.717, 1.165) is 13.1 Å². The van der Waals surface area contributed by atoms with Crippen LogP contribution in [0.5, 0.6) is 0 Å². The van der Waals surface area contributed by atoms with E-state index >= 15 is 0 Å². The number of likely N-dealkylation sites (tertiary alicyclic amines) is 1. The highest BCUT2D eigenvalue weighted by Gasteiger charge is 2.17. The lowest BCUT2D eigenvalue weighted by Crippen LogP contribution is -2.42. The summed E-state index contributed by atoms with van der Waals surface area (Å²) in [7, 11) is 0. The van der Waals surface area contributed by atoms with E-state index in [4.69, 9.17) is 0 Å². The van der Waals surface area contributed by atoms with E-state index in [-0.39, 0.29) is 11.8 Å². The maximum Gasteiger partial charge on any atom is 0.270 e. The molecular weight excluding hydrogens is 300 g/mol. The van der Waals surface area contributed by atoms with Crippen molar-refractivity contribution in [2.75, 3.05) is 25.0 Å². The summed E-state index contributed by atoms with van der Waals surface area (Å²) in [5, 5.41) is 7.64. The molecule has 1 saturated heterocycles. The zero-order valence-electron chi connectivity index (χ0n) is 13.2. The van der Waals surface area contributed by atoms with Crippen molar-refractivity contribution in [2.24, 2.45) is 0 Å². The Balaban J connectivity index is 1.81. The van der Waals surface area contributed by atoms with Crippen LogP contribution < -0.4 is 10.6 Å². The van der Waals surface area contributed by atoms with E-state index in [0.29, 0.717) is 23.4 Å². The smallest absolute Gasteiger partial charge is 0.270 e. The number of hydrogen-bond donors (Lipinski definition) is 2. The van der Waals surface area contributed by atoms with Crippen LogP contribution in [-0.2, 0) is 4.79 Å². The average molecular weight is 324 g/mol. The maximum atomic E-state index is 12.1. The predicted molar refractivity (Wildman–Crippen MR) is 88.3 cm³/mol. The molecule has 7 heteroatoms. The normalized spacial score (nSPS) is 17.5. The second-order valence-corrected chi connectivity index (χ2v) is 6.59. The highest BCUT2D eigenvalue weighted by Crippen LogP contribution is 2.15. The Labute approximate surface area is 135 Å². The van der Waals surface area contributed by atoms with Crippen LogP contribution in [0.4, 0.5) is 5.13 Å². The van der Waals surface area contributed by atoms with Crippen molar-refractivity contribution in [2.45, 2.75) is 45.6 Å². The zero-order chi connectivity index (χ0) is 15.9. The fourth-order valence-corrected chi connectivity index (χ4v) is 3.32. The fourth-order valence-electron chi connectivity index (χ4n) is 2.58. The Morgan fingerprint density at radius 3 is 2.64 bits per heavy atom. The first-order valence-electron chi connectivity index (χ1n) is 7.81.